The standard InChI is InChI=1S/C31H44N8O2/c1-3-18-39-27(37-38-28(39)26-13-17-32-22-35-26)21-33-25-11-9-10-23(19-25)29(40)34-20-24-12-16-31(36-30(24)41-2)14-7-5-4-6-8-15-31/h9-11,13,17,19,22,24,30,33,36H,3-8,12,14-16,18,20-21H2,1-2H3,(H,34,40). The average Bonchev–Trinajstić information content (AvgIpc) is 3.40. The van der Waals surface area contributed by atoms with Crippen molar-refractivity contribution < 1.29 is 9.53 Å². The third kappa shape index (κ3) is 7.29. The van der Waals surface area contributed by atoms with Gasteiger partial charge in [0.15, 0.2) is 11.6 Å². The molecular weight excluding hydrogens is 516 g/mol. The van der Waals surface area contributed by atoms with Crippen LogP contribution in [0.2, 0.25) is 0 Å². The predicted molar refractivity (Wildman–Crippen MR) is 159 cm³/mol. The Morgan fingerprint density at radius 1 is 1.12 bits per heavy atom. The minimum Gasteiger partial charge on any atom is -0.378 e. The van der Waals surface area contributed by atoms with Crippen molar-refractivity contribution in [3.05, 3.63) is 54.2 Å². The van der Waals surface area contributed by atoms with E-state index in [0.29, 0.717) is 18.7 Å². The van der Waals surface area contributed by atoms with Gasteiger partial charge < -0.3 is 19.9 Å². The van der Waals surface area contributed by atoms with E-state index in [0.717, 1.165) is 48.8 Å². The molecule has 2 unspecified atom stereocenters. The first-order valence-corrected chi connectivity index (χ1v) is 15.2. The quantitative estimate of drug-likeness (QED) is 0.319. The van der Waals surface area contributed by atoms with Gasteiger partial charge in [0, 0.05) is 49.1 Å². The maximum absolute atomic E-state index is 13.1. The summed E-state index contributed by atoms with van der Waals surface area (Å²) in [7, 11) is 1.78. The number of carbonyl (C=O) groups is 1. The first kappa shape index (κ1) is 29.1. The number of carbonyl (C=O) groups excluding carboxylic acids is 1. The van der Waals surface area contributed by atoms with Crippen molar-refractivity contribution in [3.63, 3.8) is 0 Å². The molecule has 1 saturated carbocycles. The van der Waals surface area contributed by atoms with Gasteiger partial charge in [0.1, 0.15) is 18.2 Å². The van der Waals surface area contributed by atoms with Crippen LogP contribution in [0.3, 0.4) is 0 Å². The first-order chi connectivity index (χ1) is 20.1. The molecule has 1 saturated heterocycles. The maximum atomic E-state index is 13.1. The SMILES string of the molecule is CCCn1c(CNc2cccc(C(=O)NCC3CCC4(CCCCCCC4)NC3OC)c2)nnc1-c1ccncn1. The molecule has 10 heteroatoms. The lowest BCUT2D eigenvalue weighted by molar-refractivity contribution is -0.0395. The lowest BCUT2D eigenvalue weighted by Crippen LogP contribution is -2.59. The van der Waals surface area contributed by atoms with Gasteiger partial charge in [-0.2, -0.15) is 0 Å². The molecule has 0 bridgehead atoms. The zero-order valence-electron chi connectivity index (χ0n) is 24.4. The Bertz CT molecular complexity index is 1260. The molecule has 1 aliphatic heterocycles. The summed E-state index contributed by atoms with van der Waals surface area (Å²) in [6.45, 7) is 3.97. The number of nitrogens with zero attached hydrogens (tertiary/aromatic N) is 5. The summed E-state index contributed by atoms with van der Waals surface area (Å²) in [5.41, 5.74) is 2.42. The predicted octanol–water partition coefficient (Wildman–Crippen LogP) is 4.94. The third-order valence-corrected chi connectivity index (χ3v) is 8.62. The monoisotopic (exact) mass is 560 g/mol. The highest BCUT2D eigenvalue weighted by Gasteiger charge is 2.40. The van der Waals surface area contributed by atoms with E-state index >= 15 is 0 Å². The van der Waals surface area contributed by atoms with Crippen LogP contribution in [0.1, 0.15) is 87.3 Å². The lowest BCUT2D eigenvalue weighted by Gasteiger charge is -2.46. The van der Waals surface area contributed by atoms with Gasteiger partial charge in [-0.25, -0.2) is 9.97 Å². The number of hydrogen-bond acceptors (Lipinski definition) is 8. The number of benzene rings is 1. The summed E-state index contributed by atoms with van der Waals surface area (Å²) in [5.74, 6) is 1.71. The van der Waals surface area contributed by atoms with Crippen molar-refractivity contribution >= 4 is 11.6 Å². The molecule has 2 aromatic heterocycles. The van der Waals surface area contributed by atoms with Crippen molar-refractivity contribution in [1.82, 2.24) is 35.4 Å². The fraction of sp³-hybridized carbons (Fsp3) is 0.581. The molecule has 1 spiro atoms. The number of piperidine rings is 1. The second kappa shape index (κ2) is 14.0. The van der Waals surface area contributed by atoms with E-state index in [-0.39, 0.29) is 23.6 Å². The van der Waals surface area contributed by atoms with Crippen molar-refractivity contribution in [3.8, 4) is 11.5 Å². The number of aromatic nitrogens is 5. The second-order valence-electron chi connectivity index (χ2n) is 11.5. The molecule has 220 valence electrons. The van der Waals surface area contributed by atoms with E-state index < -0.39 is 0 Å². The summed E-state index contributed by atoms with van der Waals surface area (Å²) in [6, 6.07) is 9.44. The normalized spacial score (nSPS) is 20.7. The Labute approximate surface area is 243 Å². The van der Waals surface area contributed by atoms with Gasteiger partial charge >= 0.3 is 0 Å². The number of anilines is 1. The number of methoxy groups -OCH3 is 1. The highest BCUT2D eigenvalue weighted by Crippen LogP contribution is 2.36. The van der Waals surface area contributed by atoms with Crippen LogP contribution in [-0.4, -0.2) is 56.1 Å². The molecule has 1 aromatic carbocycles. The lowest BCUT2D eigenvalue weighted by atomic mass is 9.75. The van der Waals surface area contributed by atoms with Crippen molar-refractivity contribution in [2.24, 2.45) is 5.92 Å². The fourth-order valence-corrected chi connectivity index (χ4v) is 6.36. The summed E-state index contributed by atoms with van der Waals surface area (Å²) >= 11 is 0. The molecule has 1 amide bonds. The van der Waals surface area contributed by atoms with Gasteiger partial charge in [-0.1, -0.05) is 45.1 Å². The molecule has 2 atom stereocenters. The second-order valence-corrected chi connectivity index (χ2v) is 11.5. The smallest absolute Gasteiger partial charge is 0.251 e. The first-order valence-electron chi connectivity index (χ1n) is 15.2. The number of rotatable bonds is 10. The Hall–Kier alpha value is -3.37. The minimum atomic E-state index is -0.0741. The molecule has 3 N–H and O–H groups in total. The Balaban J connectivity index is 1.17. The zero-order valence-corrected chi connectivity index (χ0v) is 24.4. The summed E-state index contributed by atoms with van der Waals surface area (Å²) in [4.78, 5) is 21.5. The molecule has 1 aliphatic carbocycles. The minimum absolute atomic E-state index is 0.0378. The van der Waals surface area contributed by atoms with E-state index in [1.165, 1.54) is 51.3 Å². The van der Waals surface area contributed by atoms with E-state index in [9.17, 15) is 4.79 Å². The van der Waals surface area contributed by atoms with Gasteiger partial charge in [-0.15, -0.1) is 10.2 Å². The van der Waals surface area contributed by atoms with Crippen LogP contribution < -0.4 is 16.0 Å². The maximum Gasteiger partial charge on any atom is 0.251 e. The molecule has 0 radical (unpaired) electrons. The molecule has 5 rings (SSSR count). The summed E-state index contributed by atoms with van der Waals surface area (Å²) in [5, 5.41) is 19.3. The topological polar surface area (TPSA) is 119 Å². The van der Waals surface area contributed by atoms with Crippen LogP contribution in [-0.2, 0) is 17.8 Å². The Morgan fingerprint density at radius 2 is 1.95 bits per heavy atom. The van der Waals surface area contributed by atoms with E-state index in [1.54, 1.807) is 13.3 Å². The van der Waals surface area contributed by atoms with Crippen LogP contribution in [0.4, 0.5) is 5.69 Å². The Kier molecular flexibility index (Phi) is 9.95. The van der Waals surface area contributed by atoms with Crippen LogP contribution in [0.5, 0.6) is 0 Å². The van der Waals surface area contributed by atoms with Gasteiger partial charge in [0.25, 0.3) is 5.91 Å². The third-order valence-electron chi connectivity index (χ3n) is 8.62. The fourth-order valence-electron chi connectivity index (χ4n) is 6.36. The highest BCUT2D eigenvalue weighted by molar-refractivity contribution is 5.95. The summed E-state index contributed by atoms with van der Waals surface area (Å²) < 4.78 is 7.98. The van der Waals surface area contributed by atoms with Crippen LogP contribution in [0, 0.1) is 5.92 Å². The molecule has 3 aromatic rings. The van der Waals surface area contributed by atoms with Crippen molar-refractivity contribution in [2.75, 3.05) is 19.0 Å². The van der Waals surface area contributed by atoms with Gasteiger partial charge in [-0.05, 0) is 56.4 Å². The highest BCUT2D eigenvalue weighted by atomic mass is 16.5. The van der Waals surface area contributed by atoms with Crippen molar-refractivity contribution in [2.45, 2.75) is 96.0 Å². The van der Waals surface area contributed by atoms with Crippen LogP contribution in [0.25, 0.3) is 11.5 Å². The van der Waals surface area contributed by atoms with Gasteiger partial charge in [0.2, 0.25) is 0 Å². The van der Waals surface area contributed by atoms with Crippen LogP contribution in [0.15, 0.2) is 42.9 Å². The van der Waals surface area contributed by atoms with E-state index in [1.807, 2.05) is 30.3 Å². The number of hydrogen-bond donors (Lipinski definition) is 3. The van der Waals surface area contributed by atoms with Gasteiger partial charge in [0.05, 0.1) is 6.54 Å². The largest absolute Gasteiger partial charge is 0.378 e. The van der Waals surface area contributed by atoms with Crippen LogP contribution >= 0.6 is 0 Å². The number of amides is 1. The number of ether oxygens (including phenoxy) is 1. The van der Waals surface area contributed by atoms with Gasteiger partial charge in [-0.3, -0.25) is 10.1 Å². The molecular formula is C31H44N8O2. The molecule has 41 heavy (non-hydrogen) atoms. The Morgan fingerprint density at radius 3 is 2.71 bits per heavy atom. The summed E-state index contributed by atoms with van der Waals surface area (Å²) in [6.07, 6.45) is 15.4. The van der Waals surface area contributed by atoms with E-state index in [4.69, 9.17) is 4.74 Å². The van der Waals surface area contributed by atoms with E-state index in [2.05, 4.69) is 47.6 Å². The number of nitrogens with one attached hydrogen (secondary N) is 3. The molecule has 2 aliphatic rings. The molecule has 10 nitrogen and oxygen atoms in total. The molecule has 2 fully saturated rings. The van der Waals surface area contributed by atoms with Crippen molar-refractivity contribution in [1.29, 1.82) is 0 Å². The average molecular weight is 561 g/mol. The zero-order chi connectivity index (χ0) is 28.5. The molecule has 3 heterocycles.